The molecule has 1 amide bonds. The molecule has 0 unspecified atom stereocenters. The number of allylic oxidation sites excluding steroid dienone is 1. The van der Waals surface area contributed by atoms with Gasteiger partial charge in [-0.3, -0.25) is 14.2 Å². The number of carbonyl (C=O) groups excluding carboxylic acids is 2. The molecule has 0 saturated carbocycles. The summed E-state index contributed by atoms with van der Waals surface area (Å²) in [6.45, 7) is 4.04. The molecule has 4 aromatic rings. The van der Waals surface area contributed by atoms with Crippen molar-refractivity contribution in [2.45, 2.75) is 26.4 Å². The molecule has 0 N–H and O–H groups in total. The van der Waals surface area contributed by atoms with E-state index < -0.39 is 17.6 Å². The zero-order valence-corrected chi connectivity index (χ0v) is 25.5. The molecule has 0 aliphatic carbocycles. The van der Waals surface area contributed by atoms with Crippen LogP contribution in [0.5, 0.6) is 11.5 Å². The Morgan fingerprint density at radius 3 is 2.65 bits per heavy atom. The van der Waals surface area contributed by atoms with Crippen LogP contribution in [-0.2, 0) is 20.9 Å². The third kappa shape index (κ3) is 4.50. The van der Waals surface area contributed by atoms with Crippen molar-refractivity contribution in [2.75, 3.05) is 18.3 Å². The molecule has 43 heavy (non-hydrogen) atoms. The Hall–Kier alpha value is -4.48. The molecular formula is C32H24BrN3O6S. The van der Waals surface area contributed by atoms with Crippen molar-refractivity contribution < 1.29 is 23.8 Å². The van der Waals surface area contributed by atoms with Crippen LogP contribution in [0.25, 0.3) is 5.57 Å². The molecule has 0 saturated heterocycles. The van der Waals surface area contributed by atoms with Crippen LogP contribution in [0.4, 0.5) is 5.69 Å². The second-order valence-electron chi connectivity index (χ2n) is 10.1. The standard InChI is InChI=1S/C32H24BrN3O6S/c1-3-40-31(39)25-17(2)34-32-36(27(25)19-9-12-23-24(13-19)42-16-41-23)30(38)28(43-32)26-21-14-20(33)10-11-22(21)35(29(26)37)15-18-7-5-4-6-8-18/h4-14,27H,3,15-16H2,1-2H3/b28-26-/t27-/m1/s1. The van der Waals surface area contributed by atoms with E-state index in [-0.39, 0.29) is 29.4 Å². The lowest BCUT2D eigenvalue weighted by atomic mass is 9.95. The zero-order valence-electron chi connectivity index (χ0n) is 23.1. The summed E-state index contributed by atoms with van der Waals surface area (Å²) < 4.78 is 19.0. The highest BCUT2D eigenvalue weighted by Gasteiger charge is 2.38. The molecule has 216 valence electrons. The van der Waals surface area contributed by atoms with Gasteiger partial charge in [0.1, 0.15) is 4.53 Å². The minimum absolute atomic E-state index is 0.0844. The predicted molar refractivity (Wildman–Crippen MR) is 164 cm³/mol. The van der Waals surface area contributed by atoms with E-state index in [0.717, 1.165) is 21.4 Å². The molecular weight excluding hydrogens is 634 g/mol. The lowest BCUT2D eigenvalue weighted by molar-refractivity contribution is -0.139. The first-order valence-corrected chi connectivity index (χ1v) is 15.2. The maximum atomic E-state index is 14.4. The molecule has 0 spiro atoms. The second-order valence-corrected chi connectivity index (χ2v) is 12.0. The van der Waals surface area contributed by atoms with Gasteiger partial charge in [-0.05, 0) is 55.3 Å². The number of hydrogen-bond donors (Lipinski definition) is 0. The van der Waals surface area contributed by atoms with Crippen molar-refractivity contribution in [3.8, 4) is 11.5 Å². The van der Waals surface area contributed by atoms with E-state index in [9.17, 15) is 14.4 Å². The van der Waals surface area contributed by atoms with Gasteiger partial charge in [-0.15, -0.1) is 0 Å². The van der Waals surface area contributed by atoms with Crippen molar-refractivity contribution in [2.24, 2.45) is 4.99 Å². The fraction of sp³-hybridized carbons (Fsp3) is 0.188. The molecule has 1 aromatic heterocycles. The Labute approximate surface area is 258 Å². The Kier molecular flexibility index (Phi) is 6.78. The number of thiazole rings is 1. The summed E-state index contributed by atoms with van der Waals surface area (Å²) in [5, 5.41) is 0. The molecule has 1 atom stereocenters. The minimum atomic E-state index is -0.849. The molecule has 3 aromatic carbocycles. The zero-order chi connectivity index (χ0) is 29.8. The third-order valence-corrected chi connectivity index (χ3v) is 9.14. The number of aromatic nitrogens is 1. The van der Waals surface area contributed by atoms with Gasteiger partial charge in [0.15, 0.2) is 16.3 Å². The smallest absolute Gasteiger partial charge is 0.338 e. The Morgan fingerprint density at radius 2 is 1.86 bits per heavy atom. The maximum Gasteiger partial charge on any atom is 0.338 e. The monoisotopic (exact) mass is 657 g/mol. The van der Waals surface area contributed by atoms with E-state index in [4.69, 9.17) is 14.2 Å². The summed E-state index contributed by atoms with van der Waals surface area (Å²) >= 11 is 4.67. The van der Waals surface area contributed by atoms with Gasteiger partial charge in [0, 0.05) is 10.0 Å². The first-order valence-electron chi connectivity index (χ1n) is 13.6. The summed E-state index contributed by atoms with van der Waals surface area (Å²) in [7, 11) is 0. The Balaban J connectivity index is 1.46. The summed E-state index contributed by atoms with van der Waals surface area (Å²) in [4.78, 5) is 48.6. The Bertz CT molecular complexity index is 2050. The van der Waals surface area contributed by atoms with E-state index >= 15 is 0 Å². The number of anilines is 1. The summed E-state index contributed by atoms with van der Waals surface area (Å²) in [6, 6.07) is 19.8. The first kappa shape index (κ1) is 27.4. The number of carbonyl (C=O) groups is 2. The molecule has 9 nitrogen and oxygen atoms in total. The summed E-state index contributed by atoms with van der Waals surface area (Å²) in [6.07, 6.45) is 0. The largest absolute Gasteiger partial charge is 0.463 e. The minimum Gasteiger partial charge on any atom is -0.463 e. The molecule has 4 heterocycles. The van der Waals surface area contributed by atoms with Gasteiger partial charge >= 0.3 is 5.97 Å². The van der Waals surface area contributed by atoms with Crippen LogP contribution in [0, 0.1) is 0 Å². The van der Waals surface area contributed by atoms with Crippen molar-refractivity contribution in [1.82, 2.24) is 4.57 Å². The molecule has 0 fully saturated rings. The van der Waals surface area contributed by atoms with Crippen molar-refractivity contribution in [1.29, 1.82) is 0 Å². The number of halogens is 1. The maximum absolute atomic E-state index is 14.4. The van der Waals surface area contributed by atoms with Crippen LogP contribution < -0.4 is 29.3 Å². The molecule has 0 bridgehead atoms. The van der Waals surface area contributed by atoms with Gasteiger partial charge in [0.05, 0.1) is 41.7 Å². The lowest BCUT2D eigenvalue weighted by Crippen LogP contribution is -2.41. The predicted octanol–water partition coefficient (Wildman–Crippen LogP) is 4.21. The highest BCUT2D eigenvalue weighted by molar-refractivity contribution is 9.10. The van der Waals surface area contributed by atoms with Crippen molar-refractivity contribution >= 4 is 50.4 Å². The molecule has 3 aliphatic heterocycles. The first-order chi connectivity index (χ1) is 20.9. The quantitative estimate of drug-likeness (QED) is 0.298. The van der Waals surface area contributed by atoms with E-state index in [1.165, 1.54) is 4.57 Å². The average molecular weight is 659 g/mol. The second kappa shape index (κ2) is 10.7. The number of benzene rings is 3. The topological polar surface area (TPSA) is 99.4 Å². The number of rotatable bonds is 5. The number of esters is 1. The number of ether oxygens (including phenoxy) is 3. The van der Waals surface area contributed by atoms with E-state index in [2.05, 4.69) is 20.9 Å². The number of fused-ring (bicyclic) bond motifs is 3. The van der Waals surface area contributed by atoms with E-state index in [1.54, 1.807) is 36.9 Å². The highest BCUT2D eigenvalue weighted by atomic mass is 79.9. The molecule has 3 aliphatic rings. The normalized spacial score (nSPS) is 18.0. The fourth-order valence-corrected chi connectivity index (χ4v) is 7.18. The average Bonchev–Trinajstić information content (AvgIpc) is 3.66. The van der Waals surface area contributed by atoms with Gasteiger partial charge in [-0.1, -0.05) is 63.7 Å². The van der Waals surface area contributed by atoms with Gasteiger partial charge in [-0.25, -0.2) is 9.79 Å². The van der Waals surface area contributed by atoms with Crippen LogP contribution >= 0.6 is 27.3 Å². The lowest BCUT2D eigenvalue weighted by Gasteiger charge is -2.24. The van der Waals surface area contributed by atoms with Crippen LogP contribution in [0.15, 0.2) is 92.3 Å². The van der Waals surface area contributed by atoms with Gasteiger partial charge in [-0.2, -0.15) is 0 Å². The Morgan fingerprint density at radius 1 is 1.07 bits per heavy atom. The van der Waals surface area contributed by atoms with Crippen molar-refractivity contribution in [3.05, 3.63) is 119 Å². The molecule has 7 rings (SSSR count). The van der Waals surface area contributed by atoms with Crippen molar-refractivity contribution in [3.63, 3.8) is 0 Å². The van der Waals surface area contributed by atoms with Gasteiger partial charge < -0.3 is 19.1 Å². The van der Waals surface area contributed by atoms with Crippen LogP contribution in [0.3, 0.4) is 0 Å². The van der Waals surface area contributed by atoms with Crippen LogP contribution in [-0.4, -0.2) is 29.8 Å². The number of hydrogen-bond acceptors (Lipinski definition) is 8. The molecule has 0 radical (unpaired) electrons. The summed E-state index contributed by atoms with van der Waals surface area (Å²) in [5.74, 6) is 0.253. The third-order valence-electron chi connectivity index (χ3n) is 7.59. The van der Waals surface area contributed by atoms with Crippen LogP contribution in [0.2, 0.25) is 0 Å². The SMILES string of the molecule is CCOC(=O)C1=C(C)N=c2s/c(=C3\C(=O)N(Cc4ccccc4)c4ccc(Br)cc43)c(=O)n2[C@@H]1c1ccc2c(c1)OCO2. The van der Waals surface area contributed by atoms with Crippen LogP contribution in [0.1, 0.15) is 36.6 Å². The fourth-order valence-electron chi connectivity index (χ4n) is 5.69. The van der Waals surface area contributed by atoms with E-state index in [1.807, 2.05) is 48.5 Å². The molecule has 11 heteroatoms. The van der Waals surface area contributed by atoms with E-state index in [0.29, 0.717) is 50.9 Å². The number of amides is 1. The van der Waals surface area contributed by atoms with Gasteiger partial charge in [0.25, 0.3) is 11.5 Å². The number of nitrogens with zero attached hydrogens (tertiary/aromatic N) is 3. The highest BCUT2D eigenvalue weighted by Crippen LogP contribution is 2.40. The van der Waals surface area contributed by atoms with Gasteiger partial charge in [0.2, 0.25) is 6.79 Å². The summed E-state index contributed by atoms with van der Waals surface area (Å²) in [5.41, 5.74) is 3.53.